The number of benzene rings is 2. The van der Waals surface area contributed by atoms with Crippen molar-refractivity contribution in [3.8, 4) is 11.1 Å². The van der Waals surface area contributed by atoms with Crippen LogP contribution in [0.1, 0.15) is 12.5 Å². The summed E-state index contributed by atoms with van der Waals surface area (Å²) >= 11 is 0. The molecule has 2 aromatic rings. The minimum Gasteiger partial charge on any atom is -0.365 e. The van der Waals surface area contributed by atoms with E-state index in [0.717, 1.165) is 16.8 Å². The van der Waals surface area contributed by atoms with Crippen LogP contribution < -0.4 is 0 Å². The summed E-state index contributed by atoms with van der Waals surface area (Å²) in [7, 11) is 0. The second kappa shape index (κ2) is 5.82. The zero-order chi connectivity index (χ0) is 12.8. The van der Waals surface area contributed by atoms with Crippen LogP contribution in [0.2, 0.25) is 0 Å². The maximum atomic E-state index is 4.89. The third kappa shape index (κ3) is 2.66. The van der Waals surface area contributed by atoms with Crippen LogP contribution in [0.15, 0.2) is 72.6 Å². The van der Waals surface area contributed by atoms with Crippen LogP contribution in [-0.4, -0.2) is 5.71 Å². The quantitative estimate of drug-likeness (QED) is 0.443. The van der Waals surface area contributed by atoms with Crippen molar-refractivity contribution in [2.24, 2.45) is 5.16 Å². The molecule has 0 bridgehead atoms. The van der Waals surface area contributed by atoms with Crippen molar-refractivity contribution in [1.82, 2.24) is 0 Å². The van der Waals surface area contributed by atoms with Gasteiger partial charge in [-0.3, -0.25) is 0 Å². The number of hydrogen-bond acceptors (Lipinski definition) is 2. The van der Waals surface area contributed by atoms with Gasteiger partial charge in [-0.1, -0.05) is 66.3 Å². The molecule has 0 aliphatic heterocycles. The second-order valence-corrected chi connectivity index (χ2v) is 3.86. The lowest BCUT2D eigenvalue weighted by molar-refractivity contribution is 0.270. The molecule has 2 aromatic carbocycles. The molecule has 18 heavy (non-hydrogen) atoms. The zero-order valence-corrected chi connectivity index (χ0v) is 10.3. The molecule has 2 heteroatoms. The van der Waals surface area contributed by atoms with E-state index in [4.69, 9.17) is 4.84 Å². The standard InChI is InChI=1S/C16H15NO/c1-3-18-17-13(2)15-11-7-8-12-16(15)14-9-5-4-6-10-14/h3-12H,1H2,2H3/b17-13+. The smallest absolute Gasteiger partial charge is 0.114 e. The molecule has 0 aromatic heterocycles. The molecule has 0 saturated heterocycles. The summed E-state index contributed by atoms with van der Waals surface area (Å²) < 4.78 is 0. The Morgan fingerprint density at radius 3 is 2.44 bits per heavy atom. The van der Waals surface area contributed by atoms with Gasteiger partial charge in [0.1, 0.15) is 6.26 Å². The Hall–Kier alpha value is -2.35. The molecule has 0 spiro atoms. The number of rotatable bonds is 4. The first kappa shape index (κ1) is 12.1. The van der Waals surface area contributed by atoms with E-state index in [1.807, 2.05) is 43.3 Å². The highest BCUT2D eigenvalue weighted by Gasteiger charge is 2.06. The molecule has 0 atom stereocenters. The first-order valence-electron chi connectivity index (χ1n) is 5.79. The van der Waals surface area contributed by atoms with Gasteiger partial charge < -0.3 is 4.84 Å². The molecule has 0 heterocycles. The van der Waals surface area contributed by atoms with Gasteiger partial charge in [0.15, 0.2) is 0 Å². The molecular weight excluding hydrogens is 222 g/mol. The van der Waals surface area contributed by atoms with Crippen LogP contribution in [0.25, 0.3) is 11.1 Å². The highest BCUT2D eigenvalue weighted by molar-refractivity contribution is 6.04. The summed E-state index contributed by atoms with van der Waals surface area (Å²) in [5.41, 5.74) is 4.20. The molecule has 0 unspecified atom stereocenters. The lowest BCUT2D eigenvalue weighted by atomic mass is 9.97. The average Bonchev–Trinajstić information content (AvgIpc) is 2.45. The highest BCUT2D eigenvalue weighted by atomic mass is 16.6. The van der Waals surface area contributed by atoms with Crippen molar-refractivity contribution >= 4 is 5.71 Å². The maximum Gasteiger partial charge on any atom is 0.114 e. The van der Waals surface area contributed by atoms with Crippen LogP contribution >= 0.6 is 0 Å². The fraction of sp³-hybridized carbons (Fsp3) is 0.0625. The van der Waals surface area contributed by atoms with Crippen molar-refractivity contribution in [3.05, 3.63) is 73.0 Å². The summed E-state index contributed by atoms with van der Waals surface area (Å²) in [5, 5.41) is 4.00. The SMILES string of the molecule is C=CO/N=C(\C)c1ccccc1-c1ccccc1. The summed E-state index contributed by atoms with van der Waals surface area (Å²) in [6, 6.07) is 18.4. The van der Waals surface area contributed by atoms with Crippen LogP contribution in [0.3, 0.4) is 0 Å². The van der Waals surface area contributed by atoms with Gasteiger partial charge in [0, 0.05) is 5.56 Å². The first-order valence-corrected chi connectivity index (χ1v) is 5.79. The second-order valence-electron chi connectivity index (χ2n) is 3.86. The lowest BCUT2D eigenvalue weighted by Gasteiger charge is -2.08. The Morgan fingerprint density at radius 2 is 1.72 bits per heavy atom. The van der Waals surface area contributed by atoms with Gasteiger partial charge in [0.25, 0.3) is 0 Å². The molecule has 2 nitrogen and oxygen atoms in total. The molecule has 0 N–H and O–H groups in total. The lowest BCUT2D eigenvalue weighted by Crippen LogP contribution is -1.98. The molecule has 0 aliphatic rings. The van der Waals surface area contributed by atoms with Gasteiger partial charge in [-0.25, -0.2) is 0 Å². The predicted molar refractivity (Wildman–Crippen MR) is 75.4 cm³/mol. The zero-order valence-electron chi connectivity index (χ0n) is 10.3. The van der Waals surface area contributed by atoms with Crippen LogP contribution in [0.5, 0.6) is 0 Å². The molecule has 0 amide bonds. The Labute approximate surface area is 107 Å². The van der Waals surface area contributed by atoms with Crippen molar-refractivity contribution < 1.29 is 4.84 Å². The van der Waals surface area contributed by atoms with E-state index in [1.54, 1.807) is 0 Å². The van der Waals surface area contributed by atoms with Crippen molar-refractivity contribution in [2.45, 2.75) is 6.92 Å². The maximum absolute atomic E-state index is 4.89. The minimum atomic E-state index is 0.828. The molecular formula is C16H15NO. The average molecular weight is 237 g/mol. The fourth-order valence-corrected chi connectivity index (χ4v) is 1.83. The van der Waals surface area contributed by atoms with Crippen LogP contribution in [0, 0.1) is 0 Å². The Balaban J connectivity index is 2.47. The van der Waals surface area contributed by atoms with Crippen LogP contribution in [0.4, 0.5) is 0 Å². The van der Waals surface area contributed by atoms with Crippen molar-refractivity contribution in [3.63, 3.8) is 0 Å². The van der Waals surface area contributed by atoms with E-state index in [1.165, 1.54) is 11.8 Å². The summed E-state index contributed by atoms with van der Waals surface area (Å²) in [5.74, 6) is 0. The van der Waals surface area contributed by atoms with Crippen molar-refractivity contribution in [1.29, 1.82) is 0 Å². The van der Waals surface area contributed by atoms with E-state index >= 15 is 0 Å². The van der Waals surface area contributed by atoms with E-state index in [0.29, 0.717) is 0 Å². The molecule has 0 radical (unpaired) electrons. The largest absolute Gasteiger partial charge is 0.365 e. The van der Waals surface area contributed by atoms with Gasteiger partial charge in [-0.15, -0.1) is 0 Å². The molecule has 0 aliphatic carbocycles. The van der Waals surface area contributed by atoms with E-state index < -0.39 is 0 Å². The third-order valence-corrected chi connectivity index (χ3v) is 2.67. The van der Waals surface area contributed by atoms with Gasteiger partial charge in [0.2, 0.25) is 0 Å². The first-order chi connectivity index (χ1) is 8.83. The highest BCUT2D eigenvalue weighted by Crippen LogP contribution is 2.23. The van der Waals surface area contributed by atoms with Gasteiger partial charge in [0.05, 0.1) is 5.71 Å². The van der Waals surface area contributed by atoms with Crippen molar-refractivity contribution in [2.75, 3.05) is 0 Å². The van der Waals surface area contributed by atoms with Gasteiger partial charge >= 0.3 is 0 Å². The predicted octanol–water partition coefficient (Wildman–Crippen LogP) is 4.24. The fourth-order valence-electron chi connectivity index (χ4n) is 1.83. The normalized spacial score (nSPS) is 11.1. The van der Waals surface area contributed by atoms with E-state index in [9.17, 15) is 0 Å². The number of hydrogen-bond donors (Lipinski definition) is 0. The molecule has 0 saturated carbocycles. The Morgan fingerprint density at radius 1 is 1.06 bits per heavy atom. The number of nitrogens with zero attached hydrogens (tertiary/aromatic N) is 1. The Bertz CT molecular complexity index is 558. The molecule has 0 fully saturated rings. The van der Waals surface area contributed by atoms with Crippen LogP contribution in [-0.2, 0) is 4.84 Å². The van der Waals surface area contributed by atoms with E-state index in [2.05, 4.69) is 29.9 Å². The molecule has 90 valence electrons. The number of oxime groups is 1. The topological polar surface area (TPSA) is 21.6 Å². The molecule has 2 rings (SSSR count). The van der Waals surface area contributed by atoms with Gasteiger partial charge in [-0.2, -0.15) is 0 Å². The summed E-state index contributed by atoms with van der Waals surface area (Å²) in [6.45, 7) is 5.40. The van der Waals surface area contributed by atoms with E-state index in [-0.39, 0.29) is 0 Å². The Kier molecular flexibility index (Phi) is 3.92. The van der Waals surface area contributed by atoms with Gasteiger partial charge in [-0.05, 0) is 18.1 Å². The minimum absolute atomic E-state index is 0.828. The monoisotopic (exact) mass is 237 g/mol. The summed E-state index contributed by atoms with van der Waals surface area (Å²) in [6.07, 6.45) is 1.31. The third-order valence-electron chi connectivity index (χ3n) is 2.67. The summed E-state index contributed by atoms with van der Waals surface area (Å²) in [4.78, 5) is 4.89.